The van der Waals surface area contributed by atoms with Crippen LogP contribution in [0.5, 0.6) is 0 Å². The van der Waals surface area contributed by atoms with Crippen molar-refractivity contribution in [2.75, 3.05) is 30.9 Å². The van der Waals surface area contributed by atoms with E-state index in [1.807, 2.05) is 6.07 Å². The molecule has 3 rings (SSSR count). The average Bonchev–Trinajstić information content (AvgIpc) is 2.81. The number of rotatable bonds is 9. The highest BCUT2D eigenvalue weighted by atomic mass is 16.6. The summed E-state index contributed by atoms with van der Waals surface area (Å²) >= 11 is 0. The van der Waals surface area contributed by atoms with E-state index in [1.54, 1.807) is 24.3 Å². The fraction of sp³-hybridized carbons (Fsp3) is 0.227. The fourth-order valence-corrected chi connectivity index (χ4v) is 3.35. The Morgan fingerprint density at radius 3 is 2.58 bits per heavy atom. The lowest BCUT2D eigenvalue weighted by atomic mass is 10.1. The number of anilines is 2. The smallest absolute Gasteiger partial charge is 0.330 e. The number of nitrogens with two attached hydrogens (primary N) is 1. The number of nitrogens with one attached hydrogen (secondary N) is 1. The highest BCUT2D eigenvalue weighted by Gasteiger charge is 2.26. The molecule has 1 amide bonds. The van der Waals surface area contributed by atoms with Crippen molar-refractivity contribution in [3.8, 4) is 0 Å². The number of nitro groups is 1. The van der Waals surface area contributed by atoms with Gasteiger partial charge in [-0.3, -0.25) is 29.3 Å². The first-order chi connectivity index (χ1) is 15.8. The van der Waals surface area contributed by atoms with Crippen LogP contribution < -0.4 is 21.9 Å². The number of hydrogen-bond acceptors (Lipinski definition) is 7. The highest BCUT2D eigenvalue weighted by molar-refractivity contribution is 6.07. The molecule has 0 atom stereocenters. The summed E-state index contributed by atoms with van der Waals surface area (Å²) in [6, 6.07) is 14.2. The molecule has 1 heterocycles. The standard InChI is InChI=1S/C22H23N5O6/c1-33-12-6-11-25(21(29)16-9-5-10-17(13-16)27(31)32)18-19(23)26(22(30)24-20(18)28)14-15-7-3-2-4-8-15/h2-5,7-10,13H,6,11-12,14,23H2,1H3,(H,24,28,30). The lowest BCUT2D eigenvalue weighted by Crippen LogP contribution is -2.42. The summed E-state index contributed by atoms with van der Waals surface area (Å²) in [4.78, 5) is 52.5. The summed E-state index contributed by atoms with van der Waals surface area (Å²) in [5.74, 6) is -0.860. The maximum absolute atomic E-state index is 13.3. The number of H-pyrrole nitrogens is 1. The number of aromatic amines is 1. The van der Waals surface area contributed by atoms with E-state index in [4.69, 9.17) is 10.5 Å². The highest BCUT2D eigenvalue weighted by Crippen LogP contribution is 2.22. The second-order valence-electron chi connectivity index (χ2n) is 7.18. The molecule has 0 saturated carbocycles. The lowest BCUT2D eigenvalue weighted by Gasteiger charge is -2.24. The minimum absolute atomic E-state index is 0.00114. The zero-order chi connectivity index (χ0) is 24.0. The minimum atomic E-state index is -0.835. The molecule has 3 N–H and O–H groups in total. The molecule has 2 aromatic carbocycles. The van der Waals surface area contributed by atoms with Gasteiger partial charge in [0.2, 0.25) is 0 Å². The van der Waals surface area contributed by atoms with Crippen LogP contribution in [0.3, 0.4) is 0 Å². The van der Waals surface area contributed by atoms with Crippen molar-refractivity contribution >= 4 is 23.1 Å². The van der Waals surface area contributed by atoms with Crippen LogP contribution in [0.4, 0.5) is 17.2 Å². The van der Waals surface area contributed by atoms with Gasteiger partial charge in [-0.15, -0.1) is 0 Å². The number of non-ortho nitro benzene ring substituents is 1. The summed E-state index contributed by atoms with van der Waals surface area (Å²) in [5.41, 5.74) is 4.97. The first-order valence-corrected chi connectivity index (χ1v) is 10.0. The van der Waals surface area contributed by atoms with Gasteiger partial charge in [-0.1, -0.05) is 36.4 Å². The molecule has 3 aromatic rings. The Morgan fingerprint density at radius 1 is 1.18 bits per heavy atom. The number of nitrogens with zero attached hydrogens (tertiary/aromatic N) is 3. The predicted molar refractivity (Wildman–Crippen MR) is 123 cm³/mol. The van der Waals surface area contributed by atoms with Crippen LogP contribution in [0.1, 0.15) is 22.3 Å². The summed E-state index contributed by atoms with van der Waals surface area (Å²) in [6.45, 7) is 0.401. The lowest BCUT2D eigenvalue weighted by molar-refractivity contribution is -0.384. The molecule has 0 bridgehead atoms. The normalized spacial score (nSPS) is 10.7. The van der Waals surface area contributed by atoms with Crippen LogP contribution in [0.15, 0.2) is 64.2 Å². The van der Waals surface area contributed by atoms with Crippen LogP contribution in [-0.2, 0) is 11.3 Å². The quantitative estimate of drug-likeness (QED) is 0.284. The fourth-order valence-electron chi connectivity index (χ4n) is 3.35. The number of carbonyl (C=O) groups is 1. The zero-order valence-electron chi connectivity index (χ0n) is 17.9. The largest absolute Gasteiger partial charge is 0.385 e. The Hall–Kier alpha value is -4.25. The summed E-state index contributed by atoms with van der Waals surface area (Å²) in [7, 11) is 1.49. The second-order valence-corrected chi connectivity index (χ2v) is 7.18. The van der Waals surface area contributed by atoms with E-state index < -0.39 is 22.1 Å². The van der Waals surface area contributed by atoms with Gasteiger partial charge < -0.3 is 15.4 Å². The number of benzene rings is 2. The maximum Gasteiger partial charge on any atom is 0.330 e. The van der Waals surface area contributed by atoms with Crippen molar-refractivity contribution in [3.63, 3.8) is 0 Å². The number of nitrogen functional groups attached to an aromatic ring is 1. The van der Waals surface area contributed by atoms with Crippen molar-refractivity contribution in [1.29, 1.82) is 0 Å². The molecule has 0 fully saturated rings. The van der Waals surface area contributed by atoms with Crippen LogP contribution in [0.2, 0.25) is 0 Å². The van der Waals surface area contributed by atoms with Gasteiger partial charge in [0.05, 0.1) is 11.5 Å². The molecule has 0 aliphatic carbocycles. The number of amides is 1. The predicted octanol–water partition coefficient (Wildman–Crippen LogP) is 1.76. The van der Waals surface area contributed by atoms with Crippen LogP contribution >= 0.6 is 0 Å². The Morgan fingerprint density at radius 2 is 1.91 bits per heavy atom. The third kappa shape index (κ3) is 5.33. The number of aromatic nitrogens is 2. The van der Waals surface area contributed by atoms with E-state index in [-0.39, 0.29) is 35.8 Å². The topological polar surface area (TPSA) is 154 Å². The summed E-state index contributed by atoms with van der Waals surface area (Å²) in [6.07, 6.45) is 0.355. The first-order valence-electron chi connectivity index (χ1n) is 10.0. The summed E-state index contributed by atoms with van der Waals surface area (Å²) < 4.78 is 6.21. The number of methoxy groups -OCH3 is 1. The number of carbonyl (C=O) groups excluding carboxylic acids is 1. The van der Waals surface area contributed by atoms with Gasteiger partial charge >= 0.3 is 5.69 Å². The van der Waals surface area contributed by atoms with Crippen molar-refractivity contribution in [1.82, 2.24) is 9.55 Å². The minimum Gasteiger partial charge on any atom is -0.385 e. The number of ether oxygens (including phenoxy) is 1. The zero-order valence-corrected chi connectivity index (χ0v) is 17.9. The molecular weight excluding hydrogens is 430 g/mol. The van der Waals surface area contributed by atoms with Gasteiger partial charge in [-0.2, -0.15) is 0 Å². The maximum atomic E-state index is 13.3. The number of nitro benzene ring substituents is 1. The summed E-state index contributed by atoms with van der Waals surface area (Å²) in [5, 5.41) is 11.1. The monoisotopic (exact) mass is 453 g/mol. The molecule has 0 spiro atoms. The third-order valence-electron chi connectivity index (χ3n) is 4.95. The molecule has 11 heteroatoms. The van der Waals surface area contributed by atoms with E-state index in [0.717, 1.165) is 21.1 Å². The Balaban J connectivity index is 2.10. The van der Waals surface area contributed by atoms with Crippen molar-refractivity contribution < 1.29 is 14.5 Å². The van der Waals surface area contributed by atoms with Gasteiger partial charge in [0.25, 0.3) is 17.2 Å². The molecule has 0 unspecified atom stereocenters. The third-order valence-corrected chi connectivity index (χ3v) is 4.95. The Kier molecular flexibility index (Phi) is 7.36. The second kappa shape index (κ2) is 10.4. The molecular formula is C22H23N5O6. The van der Waals surface area contributed by atoms with Crippen molar-refractivity contribution in [2.45, 2.75) is 13.0 Å². The van der Waals surface area contributed by atoms with Crippen molar-refractivity contribution in [2.24, 2.45) is 0 Å². The van der Waals surface area contributed by atoms with Gasteiger partial charge in [-0.25, -0.2) is 4.79 Å². The molecule has 33 heavy (non-hydrogen) atoms. The van der Waals surface area contributed by atoms with E-state index in [9.17, 15) is 24.5 Å². The molecule has 11 nitrogen and oxygen atoms in total. The molecule has 172 valence electrons. The van der Waals surface area contributed by atoms with Gasteiger partial charge in [0, 0.05) is 38.0 Å². The van der Waals surface area contributed by atoms with E-state index in [2.05, 4.69) is 4.98 Å². The molecule has 0 saturated heterocycles. The molecule has 1 aromatic heterocycles. The van der Waals surface area contributed by atoms with E-state index in [0.29, 0.717) is 13.0 Å². The van der Waals surface area contributed by atoms with E-state index in [1.165, 1.54) is 25.3 Å². The van der Waals surface area contributed by atoms with Crippen LogP contribution in [0, 0.1) is 10.1 Å². The van der Waals surface area contributed by atoms with Crippen LogP contribution in [0.25, 0.3) is 0 Å². The number of hydrogen-bond donors (Lipinski definition) is 2. The van der Waals surface area contributed by atoms with Crippen molar-refractivity contribution in [3.05, 3.63) is 96.7 Å². The Labute approximate surface area is 188 Å². The molecule has 0 aliphatic heterocycles. The van der Waals surface area contributed by atoms with Gasteiger partial charge in [0.15, 0.2) is 5.69 Å². The average molecular weight is 453 g/mol. The molecule has 0 radical (unpaired) electrons. The van der Waals surface area contributed by atoms with Gasteiger partial charge in [-0.05, 0) is 18.1 Å². The van der Waals surface area contributed by atoms with E-state index >= 15 is 0 Å². The SMILES string of the molecule is COCCCN(C(=O)c1cccc([N+](=O)[O-])c1)c1c(N)n(Cc2ccccc2)c(=O)[nH]c1=O. The first kappa shape index (κ1) is 23.4. The van der Waals surface area contributed by atoms with Gasteiger partial charge in [0.1, 0.15) is 5.82 Å². The van der Waals surface area contributed by atoms with Crippen LogP contribution in [-0.4, -0.2) is 40.6 Å². The molecule has 0 aliphatic rings. The Bertz CT molecular complexity index is 1270.